The zero-order valence-electron chi connectivity index (χ0n) is 16.2. The van der Waals surface area contributed by atoms with Gasteiger partial charge in [-0.1, -0.05) is 48.0 Å². The fourth-order valence-corrected chi connectivity index (χ4v) is 3.09. The van der Waals surface area contributed by atoms with E-state index in [1.165, 1.54) is 6.92 Å². The van der Waals surface area contributed by atoms with Crippen LogP contribution in [0, 0.1) is 20.8 Å². The number of carbonyl (C=O) groups is 3. The average molecular weight is 367 g/mol. The first-order valence-corrected chi connectivity index (χ1v) is 8.86. The number of benzene rings is 2. The molecular formula is C22H25NO4. The number of Topliss-reactive ketones (excluding diaryl/α,β-unsaturated/α-hetero) is 1. The zero-order chi connectivity index (χ0) is 20.0. The van der Waals surface area contributed by atoms with Gasteiger partial charge in [0.1, 0.15) is 0 Å². The van der Waals surface area contributed by atoms with E-state index in [1.54, 1.807) is 0 Å². The van der Waals surface area contributed by atoms with Crippen molar-refractivity contribution in [1.29, 1.82) is 0 Å². The minimum absolute atomic E-state index is 0.149. The molecule has 0 spiro atoms. The second-order valence-electron chi connectivity index (χ2n) is 6.77. The van der Waals surface area contributed by atoms with Crippen molar-refractivity contribution in [2.45, 2.75) is 40.2 Å². The number of hydrogen-bond acceptors (Lipinski definition) is 4. The van der Waals surface area contributed by atoms with Crippen LogP contribution in [0.25, 0.3) is 0 Å². The second-order valence-corrected chi connectivity index (χ2v) is 6.77. The number of esters is 1. The summed E-state index contributed by atoms with van der Waals surface area (Å²) in [7, 11) is 0. The minimum Gasteiger partial charge on any atom is -0.452 e. The van der Waals surface area contributed by atoms with Crippen molar-refractivity contribution in [3.8, 4) is 0 Å². The Hall–Kier alpha value is -2.95. The number of ether oxygens (including phenoxy) is 1. The monoisotopic (exact) mass is 367 g/mol. The summed E-state index contributed by atoms with van der Waals surface area (Å²) in [5.41, 5.74) is 4.10. The van der Waals surface area contributed by atoms with Gasteiger partial charge >= 0.3 is 5.97 Å². The van der Waals surface area contributed by atoms with Gasteiger partial charge in [-0.25, -0.2) is 4.79 Å². The van der Waals surface area contributed by atoms with Crippen molar-refractivity contribution >= 4 is 17.7 Å². The Morgan fingerprint density at radius 3 is 2.15 bits per heavy atom. The zero-order valence-corrected chi connectivity index (χ0v) is 16.2. The van der Waals surface area contributed by atoms with Crippen LogP contribution in [0.2, 0.25) is 0 Å². The van der Waals surface area contributed by atoms with E-state index in [0.29, 0.717) is 12.0 Å². The molecule has 1 N–H and O–H groups in total. The highest BCUT2D eigenvalue weighted by Gasteiger charge is 2.20. The Morgan fingerprint density at radius 2 is 1.59 bits per heavy atom. The molecule has 2 aromatic rings. The Morgan fingerprint density at radius 1 is 1.00 bits per heavy atom. The van der Waals surface area contributed by atoms with Gasteiger partial charge in [-0.05, 0) is 50.8 Å². The molecule has 0 aromatic heterocycles. The lowest BCUT2D eigenvalue weighted by atomic mass is 10.00. The molecular weight excluding hydrogens is 342 g/mol. The number of hydrogen-bond donors (Lipinski definition) is 1. The quantitative estimate of drug-likeness (QED) is 0.764. The Balaban J connectivity index is 1.96. The van der Waals surface area contributed by atoms with Gasteiger partial charge in [0.15, 0.2) is 12.4 Å². The number of ketones is 1. The normalized spacial score (nSPS) is 11.6. The first kappa shape index (κ1) is 20.4. The Bertz CT molecular complexity index is 820. The average Bonchev–Trinajstić information content (AvgIpc) is 2.59. The highest BCUT2D eigenvalue weighted by molar-refractivity contribution is 5.95. The van der Waals surface area contributed by atoms with E-state index in [1.807, 2.05) is 63.2 Å². The summed E-state index contributed by atoms with van der Waals surface area (Å²) in [4.78, 5) is 36.4. The van der Waals surface area contributed by atoms with Gasteiger partial charge in [-0.3, -0.25) is 9.59 Å². The molecule has 0 aliphatic heterocycles. The lowest BCUT2D eigenvalue weighted by Crippen LogP contribution is -2.43. The van der Waals surface area contributed by atoms with Gasteiger partial charge in [0.2, 0.25) is 0 Å². The van der Waals surface area contributed by atoms with Gasteiger partial charge in [0, 0.05) is 0 Å². The van der Waals surface area contributed by atoms with Crippen molar-refractivity contribution in [1.82, 2.24) is 5.32 Å². The summed E-state index contributed by atoms with van der Waals surface area (Å²) in [6, 6.07) is 12.6. The third-order valence-corrected chi connectivity index (χ3v) is 4.32. The fraction of sp³-hybridized carbons (Fsp3) is 0.318. The van der Waals surface area contributed by atoms with Crippen molar-refractivity contribution < 1.29 is 19.1 Å². The smallest absolute Gasteiger partial charge is 0.339 e. The largest absolute Gasteiger partial charge is 0.452 e. The molecule has 0 fully saturated rings. The van der Waals surface area contributed by atoms with Crippen LogP contribution >= 0.6 is 0 Å². The maximum atomic E-state index is 12.3. The van der Waals surface area contributed by atoms with Gasteiger partial charge < -0.3 is 10.1 Å². The third kappa shape index (κ3) is 5.78. The predicted octanol–water partition coefficient (Wildman–Crippen LogP) is 3.09. The number of amides is 1. The van der Waals surface area contributed by atoms with Crippen LogP contribution in [0.4, 0.5) is 0 Å². The lowest BCUT2D eigenvalue weighted by molar-refractivity contribution is -0.128. The molecule has 0 saturated carbocycles. The third-order valence-electron chi connectivity index (χ3n) is 4.32. The lowest BCUT2D eigenvalue weighted by Gasteiger charge is -2.16. The van der Waals surface area contributed by atoms with E-state index >= 15 is 0 Å². The summed E-state index contributed by atoms with van der Waals surface area (Å²) in [6.07, 6.45) is 0.395. The van der Waals surface area contributed by atoms with Crippen molar-refractivity contribution in [2.75, 3.05) is 6.61 Å². The molecule has 0 aliphatic rings. The second kappa shape index (κ2) is 9.12. The first-order valence-electron chi connectivity index (χ1n) is 8.86. The van der Waals surface area contributed by atoms with E-state index in [0.717, 1.165) is 22.3 Å². The van der Waals surface area contributed by atoms with E-state index < -0.39 is 24.5 Å². The molecule has 1 amide bonds. The highest BCUT2D eigenvalue weighted by Crippen LogP contribution is 2.17. The maximum Gasteiger partial charge on any atom is 0.339 e. The molecule has 2 rings (SSSR count). The number of aryl methyl sites for hydroxylation is 3. The number of rotatable bonds is 7. The van der Waals surface area contributed by atoms with E-state index in [2.05, 4.69) is 5.32 Å². The molecule has 5 heteroatoms. The Kier molecular flexibility index (Phi) is 6.88. The van der Waals surface area contributed by atoms with Gasteiger partial charge in [-0.2, -0.15) is 0 Å². The summed E-state index contributed by atoms with van der Waals surface area (Å²) in [5.74, 6) is -1.19. The molecule has 0 radical (unpaired) electrons. The van der Waals surface area contributed by atoms with Gasteiger partial charge in [-0.15, -0.1) is 0 Å². The molecule has 0 saturated heterocycles. The maximum absolute atomic E-state index is 12.3. The molecule has 0 aliphatic carbocycles. The van der Waals surface area contributed by atoms with Crippen LogP contribution in [0.15, 0.2) is 42.5 Å². The molecule has 0 unspecified atom stereocenters. The van der Waals surface area contributed by atoms with Crippen LogP contribution in [-0.2, 0) is 20.7 Å². The molecule has 0 bridgehead atoms. The van der Waals surface area contributed by atoms with Crippen LogP contribution in [0.1, 0.15) is 39.5 Å². The summed E-state index contributed by atoms with van der Waals surface area (Å²) < 4.78 is 5.16. The van der Waals surface area contributed by atoms with Crippen molar-refractivity contribution in [3.63, 3.8) is 0 Å². The van der Waals surface area contributed by atoms with E-state index in [4.69, 9.17) is 4.74 Å². The summed E-state index contributed by atoms with van der Waals surface area (Å²) in [5, 5.41) is 2.64. The first-order chi connectivity index (χ1) is 12.8. The number of carbonyl (C=O) groups excluding carboxylic acids is 3. The molecule has 142 valence electrons. The topological polar surface area (TPSA) is 72.5 Å². The summed E-state index contributed by atoms with van der Waals surface area (Å²) >= 11 is 0. The molecule has 2 aromatic carbocycles. The minimum atomic E-state index is -0.651. The van der Waals surface area contributed by atoms with E-state index in [-0.39, 0.29) is 5.78 Å². The fourth-order valence-electron chi connectivity index (χ4n) is 3.09. The van der Waals surface area contributed by atoms with Gasteiger partial charge in [0.05, 0.1) is 11.6 Å². The SMILES string of the molecule is CC(=O)[C@H](Cc1ccccc1)NC(=O)COC(=O)c1c(C)cc(C)cc1C. The van der Waals surface area contributed by atoms with Crippen molar-refractivity contribution in [2.24, 2.45) is 0 Å². The number of nitrogens with one attached hydrogen (secondary N) is 1. The van der Waals surface area contributed by atoms with Crippen LogP contribution in [0.3, 0.4) is 0 Å². The predicted molar refractivity (Wildman–Crippen MR) is 104 cm³/mol. The summed E-state index contributed by atoms with van der Waals surface area (Å²) in [6.45, 7) is 6.63. The molecule has 0 heterocycles. The standard InChI is InChI=1S/C22H25NO4/c1-14-10-15(2)21(16(3)11-14)22(26)27-13-20(25)23-19(17(4)24)12-18-8-6-5-7-9-18/h5-11,19H,12-13H2,1-4H3,(H,23,25)/t19-/m0/s1. The molecule has 5 nitrogen and oxygen atoms in total. The van der Waals surface area contributed by atoms with Crippen LogP contribution in [-0.4, -0.2) is 30.3 Å². The Labute approximate surface area is 159 Å². The van der Waals surface area contributed by atoms with Crippen LogP contribution in [0.5, 0.6) is 0 Å². The molecule has 1 atom stereocenters. The highest BCUT2D eigenvalue weighted by atomic mass is 16.5. The van der Waals surface area contributed by atoms with E-state index in [9.17, 15) is 14.4 Å². The van der Waals surface area contributed by atoms with Crippen LogP contribution < -0.4 is 5.32 Å². The van der Waals surface area contributed by atoms with Gasteiger partial charge in [0.25, 0.3) is 5.91 Å². The molecule has 27 heavy (non-hydrogen) atoms. The van der Waals surface area contributed by atoms with Crippen molar-refractivity contribution in [3.05, 3.63) is 70.3 Å².